The first-order chi connectivity index (χ1) is 9.58. The molecule has 0 bridgehead atoms. The van der Waals surface area contributed by atoms with Crippen LogP contribution in [0, 0.1) is 0 Å². The van der Waals surface area contributed by atoms with Crippen LogP contribution in [0.25, 0.3) is 0 Å². The van der Waals surface area contributed by atoms with Crippen LogP contribution < -0.4 is 10.1 Å². The predicted molar refractivity (Wildman–Crippen MR) is 78.9 cm³/mol. The molecule has 0 saturated heterocycles. The molecular weight excluding hydrogens is 256 g/mol. The summed E-state index contributed by atoms with van der Waals surface area (Å²) in [4.78, 5) is 13.6. The molecule has 0 heterocycles. The summed E-state index contributed by atoms with van der Waals surface area (Å²) < 4.78 is 5.33. The molecule has 112 valence electrons. The van der Waals surface area contributed by atoms with Crippen molar-refractivity contribution in [2.45, 2.75) is 19.4 Å². The Kier molecular flexibility index (Phi) is 7.04. The molecule has 0 spiro atoms. The van der Waals surface area contributed by atoms with Gasteiger partial charge in [0.25, 0.3) is 0 Å². The molecule has 1 aromatic carbocycles. The SMILES string of the molecule is COc1ccccc1CC(C)N(C)CC(=O)NCCO. The number of carbonyl (C=O) groups is 1. The van der Waals surface area contributed by atoms with E-state index in [0.717, 1.165) is 17.7 Å². The largest absolute Gasteiger partial charge is 0.496 e. The minimum Gasteiger partial charge on any atom is -0.496 e. The van der Waals surface area contributed by atoms with E-state index in [1.807, 2.05) is 36.2 Å². The normalized spacial score (nSPS) is 12.2. The van der Waals surface area contributed by atoms with E-state index >= 15 is 0 Å². The van der Waals surface area contributed by atoms with Crippen LogP contribution in [0.5, 0.6) is 5.75 Å². The maximum Gasteiger partial charge on any atom is 0.234 e. The number of benzene rings is 1. The number of amides is 1. The van der Waals surface area contributed by atoms with E-state index in [1.54, 1.807) is 7.11 Å². The Bertz CT molecular complexity index is 423. The zero-order chi connectivity index (χ0) is 15.0. The fourth-order valence-electron chi connectivity index (χ4n) is 1.98. The number of hydrogen-bond donors (Lipinski definition) is 2. The number of hydrogen-bond acceptors (Lipinski definition) is 4. The van der Waals surface area contributed by atoms with E-state index in [4.69, 9.17) is 9.84 Å². The van der Waals surface area contributed by atoms with Crippen molar-refractivity contribution in [3.05, 3.63) is 29.8 Å². The molecule has 0 saturated carbocycles. The van der Waals surface area contributed by atoms with E-state index in [9.17, 15) is 4.79 Å². The van der Waals surface area contributed by atoms with Gasteiger partial charge in [0.15, 0.2) is 0 Å². The summed E-state index contributed by atoms with van der Waals surface area (Å²) in [7, 11) is 3.58. The van der Waals surface area contributed by atoms with Gasteiger partial charge < -0.3 is 15.2 Å². The molecule has 0 radical (unpaired) electrons. The molecule has 5 nitrogen and oxygen atoms in total. The van der Waals surface area contributed by atoms with Crippen molar-refractivity contribution in [1.82, 2.24) is 10.2 Å². The lowest BCUT2D eigenvalue weighted by Gasteiger charge is -2.24. The molecule has 0 aliphatic heterocycles. The van der Waals surface area contributed by atoms with E-state index in [1.165, 1.54) is 0 Å². The second-order valence-corrected chi connectivity index (χ2v) is 4.85. The number of nitrogens with zero attached hydrogens (tertiary/aromatic N) is 1. The molecule has 0 aliphatic carbocycles. The molecule has 20 heavy (non-hydrogen) atoms. The molecule has 0 fully saturated rings. The molecular formula is C15H24N2O3. The maximum atomic E-state index is 11.6. The molecule has 0 aliphatic rings. The fraction of sp³-hybridized carbons (Fsp3) is 0.533. The maximum absolute atomic E-state index is 11.6. The van der Waals surface area contributed by atoms with Gasteiger partial charge in [-0.25, -0.2) is 0 Å². The van der Waals surface area contributed by atoms with Crippen LogP contribution in [0.15, 0.2) is 24.3 Å². The zero-order valence-electron chi connectivity index (χ0n) is 12.4. The van der Waals surface area contributed by atoms with Gasteiger partial charge in [0.1, 0.15) is 5.75 Å². The van der Waals surface area contributed by atoms with Gasteiger partial charge >= 0.3 is 0 Å². The van der Waals surface area contributed by atoms with Crippen molar-refractivity contribution in [3.63, 3.8) is 0 Å². The van der Waals surface area contributed by atoms with Crippen LogP contribution in [0.2, 0.25) is 0 Å². The highest BCUT2D eigenvalue weighted by Crippen LogP contribution is 2.20. The average molecular weight is 280 g/mol. The third kappa shape index (κ3) is 5.19. The number of para-hydroxylation sites is 1. The summed E-state index contributed by atoms with van der Waals surface area (Å²) in [5.74, 6) is 0.797. The number of rotatable bonds is 8. The van der Waals surface area contributed by atoms with Crippen LogP contribution in [-0.2, 0) is 11.2 Å². The first-order valence-corrected chi connectivity index (χ1v) is 6.78. The Labute approximate surface area is 120 Å². The Morgan fingerprint density at radius 3 is 2.80 bits per heavy atom. The fourth-order valence-corrected chi connectivity index (χ4v) is 1.98. The molecule has 0 aromatic heterocycles. The summed E-state index contributed by atoms with van der Waals surface area (Å²) >= 11 is 0. The Balaban J connectivity index is 2.52. The lowest BCUT2D eigenvalue weighted by molar-refractivity contribution is -0.122. The van der Waals surface area contributed by atoms with Crippen molar-refractivity contribution in [1.29, 1.82) is 0 Å². The molecule has 1 unspecified atom stereocenters. The van der Waals surface area contributed by atoms with Crippen LogP contribution in [-0.4, -0.2) is 55.8 Å². The van der Waals surface area contributed by atoms with Crippen LogP contribution in [0.4, 0.5) is 0 Å². The van der Waals surface area contributed by atoms with Crippen molar-refractivity contribution in [2.75, 3.05) is 33.9 Å². The van der Waals surface area contributed by atoms with Crippen molar-refractivity contribution < 1.29 is 14.6 Å². The summed E-state index contributed by atoms with van der Waals surface area (Å²) in [6.45, 7) is 2.65. The number of likely N-dealkylation sites (N-methyl/N-ethyl adjacent to an activating group) is 1. The van der Waals surface area contributed by atoms with Crippen molar-refractivity contribution in [2.24, 2.45) is 0 Å². The molecule has 5 heteroatoms. The highest BCUT2D eigenvalue weighted by Gasteiger charge is 2.15. The van der Waals surface area contributed by atoms with Gasteiger partial charge in [0.2, 0.25) is 5.91 Å². The van der Waals surface area contributed by atoms with E-state index in [2.05, 4.69) is 12.2 Å². The van der Waals surface area contributed by atoms with Gasteiger partial charge in [-0.1, -0.05) is 18.2 Å². The lowest BCUT2D eigenvalue weighted by atomic mass is 10.1. The second kappa shape index (κ2) is 8.55. The molecule has 1 rings (SSSR count). The van der Waals surface area contributed by atoms with Gasteiger partial charge in [-0.05, 0) is 32.0 Å². The summed E-state index contributed by atoms with van der Waals surface area (Å²) in [6.07, 6.45) is 0.813. The summed E-state index contributed by atoms with van der Waals surface area (Å²) in [5, 5.41) is 11.3. The quantitative estimate of drug-likeness (QED) is 0.734. The first kappa shape index (κ1) is 16.5. The molecule has 1 aromatic rings. The van der Waals surface area contributed by atoms with Crippen LogP contribution in [0.1, 0.15) is 12.5 Å². The molecule has 1 amide bonds. The molecule has 1 atom stereocenters. The standard InChI is InChI=1S/C15H24N2O3/c1-12(17(2)11-15(19)16-8-9-18)10-13-6-4-5-7-14(13)20-3/h4-7,12,18H,8-11H2,1-3H3,(H,16,19). The average Bonchev–Trinajstić information content (AvgIpc) is 2.45. The van der Waals surface area contributed by atoms with E-state index in [0.29, 0.717) is 13.1 Å². The van der Waals surface area contributed by atoms with Gasteiger partial charge in [0, 0.05) is 12.6 Å². The van der Waals surface area contributed by atoms with Crippen LogP contribution in [0.3, 0.4) is 0 Å². The highest BCUT2D eigenvalue weighted by atomic mass is 16.5. The summed E-state index contributed by atoms with van der Waals surface area (Å²) in [5.41, 5.74) is 1.13. The lowest BCUT2D eigenvalue weighted by Crippen LogP contribution is -2.41. The third-order valence-electron chi connectivity index (χ3n) is 3.29. The number of aliphatic hydroxyl groups excluding tert-OH is 1. The second-order valence-electron chi connectivity index (χ2n) is 4.85. The van der Waals surface area contributed by atoms with Gasteiger partial charge in [-0.15, -0.1) is 0 Å². The predicted octanol–water partition coefficient (Wildman–Crippen LogP) is 0.667. The zero-order valence-corrected chi connectivity index (χ0v) is 12.4. The van der Waals surface area contributed by atoms with Crippen LogP contribution >= 0.6 is 0 Å². The van der Waals surface area contributed by atoms with E-state index < -0.39 is 0 Å². The highest BCUT2D eigenvalue weighted by molar-refractivity contribution is 5.77. The number of methoxy groups -OCH3 is 1. The van der Waals surface area contributed by atoms with Gasteiger partial charge in [-0.3, -0.25) is 9.69 Å². The van der Waals surface area contributed by atoms with E-state index in [-0.39, 0.29) is 18.6 Å². The van der Waals surface area contributed by atoms with Crippen molar-refractivity contribution >= 4 is 5.91 Å². The minimum absolute atomic E-state index is 0.0355. The van der Waals surface area contributed by atoms with Gasteiger partial charge in [-0.2, -0.15) is 0 Å². The smallest absolute Gasteiger partial charge is 0.234 e. The number of ether oxygens (including phenoxy) is 1. The van der Waals surface area contributed by atoms with Crippen molar-refractivity contribution in [3.8, 4) is 5.75 Å². The Morgan fingerprint density at radius 2 is 2.15 bits per heavy atom. The first-order valence-electron chi connectivity index (χ1n) is 6.78. The van der Waals surface area contributed by atoms with Gasteiger partial charge in [0.05, 0.1) is 20.3 Å². The number of nitrogens with one attached hydrogen (secondary N) is 1. The Morgan fingerprint density at radius 1 is 1.45 bits per heavy atom. The molecule has 2 N–H and O–H groups in total. The number of carbonyl (C=O) groups excluding carboxylic acids is 1. The third-order valence-corrected chi connectivity index (χ3v) is 3.29. The minimum atomic E-state index is -0.0755. The monoisotopic (exact) mass is 280 g/mol. The topological polar surface area (TPSA) is 61.8 Å². The summed E-state index contributed by atoms with van der Waals surface area (Å²) in [6, 6.07) is 8.12. The number of aliphatic hydroxyl groups is 1. The Hall–Kier alpha value is -1.59.